The minimum Gasteiger partial charge on any atom is -0.481 e. The van der Waals surface area contributed by atoms with Crippen molar-refractivity contribution in [2.24, 2.45) is 19.9 Å². The van der Waals surface area contributed by atoms with Crippen LogP contribution in [0.1, 0.15) is 69.1 Å². The summed E-state index contributed by atoms with van der Waals surface area (Å²) in [7, 11) is 4.15. The zero-order valence-electron chi connectivity index (χ0n) is 75.5. The Balaban J connectivity index is 0.000000190. The molecule has 1 aliphatic carbocycles. The van der Waals surface area contributed by atoms with E-state index in [9.17, 15) is 22.4 Å². The number of nitrogens with two attached hydrogens (primary N) is 1. The molecule has 22 heteroatoms. The van der Waals surface area contributed by atoms with Crippen LogP contribution in [0.4, 0.5) is 40.3 Å². The molecule has 13 nitrogen and oxygen atoms in total. The third-order valence-electron chi connectivity index (χ3n) is 22.4. The van der Waals surface area contributed by atoms with Gasteiger partial charge < -0.3 is 39.8 Å². The van der Waals surface area contributed by atoms with Gasteiger partial charge >= 0.3 is 0 Å². The molecular formula is C116H100Br3ClF4N6O7Pd. The number of nitrogens with zero attached hydrogens (tertiary/aromatic N) is 3. The molecule has 0 saturated carbocycles. The number of nitrogens with one attached hydrogen (secondary N) is 2. The maximum absolute atomic E-state index is 14.0. The van der Waals surface area contributed by atoms with Crippen molar-refractivity contribution in [1.29, 1.82) is 0 Å². The Labute approximate surface area is 845 Å². The number of nitrogen functional groups attached to an aromatic ring is 1. The van der Waals surface area contributed by atoms with Crippen LogP contribution in [0.15, 0.2) is 408 Å². The summed E-state index contributed by atoms with van der Waals surface area (Å²) >= 11 is 10.3. The van der Waals surface area contributed by atoms with Crippen LogP contribution >= 0.6 is 60.2 Å². The third kappa shape index (κ3) is 26.6. The molecular weight excluding hydrogens is 2050 g/mol. The molecule has 702 valence electrons. The average molecular weight is 2150 g/mol. The molecule has 3 heterocycles. The topological polar surface area (TPSA) is 196 Å². The number of aryl methyl sites for hydroxylation is 2. The molecule has 0 atom stereocenters. The number of Topliss-reactive ketones (excluding diaryl/α,β-unsaturated/α-hetero) is 1. The Morgan fingerprint density at radius 3 is 1.15 bits per heavy atom. The number of fused-ring (bicyclic) bond motifs is 6. The van der Waals surface area contributed by atoms with Gasteiger partial charge in [-0.2, -0.15) is 0 Å². The minimum absolute atomic E-state index is 0. The van der Waals surface area contributed by atoms with E-state index in [4.69, 9.17) is 35.5 Å². The number of aromatic nitrogens is 3. The third-order valence-corrected chi connectivity index (χ3v) is 24.0. The van der Waals surface area contributed by atoms with Gasteiger partial charge in [-0.3, -0.25) is 25.0 Å². The van der Waals surface area contributed by atoms with Crippen molar-refractivity contribution in [3.05, 3.63) is 453 Å². The number of aliphatic carboxylic acids is 3. The number of hydrazine groups is 1. The molecule has 20 rings (SSSR count). The number of hydrogen-bond acceptors (Lipinski definition) is 7. The maximum atomic E-state index is 14.0. The zero-order valence-corrected chi connectivity index (χ0v) is 82.6. The van der Waals surface area contributed by atoms with Crippen LogP contribution in [-0.2, 0) is 60.7 Å². The van der Waals surface area contributed by atoms with Crippen molar-refractivity contribution in [3.8, 4) is 89.4 Å². The Hall–Kier alpha value is -14.1. The van der Waals surface area contributed by atoms with Crippen LogP contribution in [0.2, 0.25) is 0 Å². The number of carbonyl (C=O) groups is 4. The monoisotopic (exact) mass is 2140 g/mol. The summed E-state index contributed by atoms with van der Waals surface area (Å²) < 4.78 is 60.8. The number of para-hydroxylation sites is 4. The van der Waals surface area contributed by atoms with Gasteiger partial charge in [-0.05, 0) is 273 Å². The van der Waals surface area contributed by atoms with Gasteiger partial charge in [-0.1, -0.05) is 263 Å². The first-order chi connectivity index (χ1) is 65.0. The number of ketones is 1. The first-order valence-electron chi connectivity index (χ1n) is 43.0. The first kappa shape index (κ1) is 106. The van der Waals surface area contributed by atoms with E-state index in [1.165, 1.54) is 110 Å². The number of H-pyrrole nitrogens is 1. The SMILES string of the molecule is C.CC(=O)O.CC(=O)O.CC(=O)O.Cl.Cn1c(-c2ccc(F)cc2)c(-c2ccc(Br)cc2)c2ccccc21.Cn1c(-c2ccc(F)cc2)c(-c2ccc(N(c3ccc(-c4ccccc4)cc3)c3ccc4c(c3)C(C)(C)c3ccccc3-4)cc2)c2ccccc21.Fc1ccc(-c2[nH]c3ccccc3c2-c2ccc(Br)cc2)cc1.NNc1ccccc1.O=C(Cc1ccc(Br)cc1)c1ccc(F)cc1.[Pd]. The van der Waals surface area contributed by atoms with E-state index in [1.54, 1.807) is 0 Å². The van der Waals surface area contributed by atoms with Crippen molar-refractivity contribution < 1.29 is 72.5 Å². The predicted octanol–water partition coefficient (Wildman–Crippen LogP) is 32.2. The van der Waals surface area contributed by atoms with Gasteiger partial charge in [0.05, 0.1) is 17.1 Å². The predicted molar refractivity (Wildman–Crippen MR) is 566 cm³/mol. The van der Waals surface area contributed by atoms with E-state index < -0.39 is 17.9 Å². The Kier molecular flexibility index (Phi) is 38.1. The Morgan fingerprint density at radius 1 is 0.377 bits per heavy atom. The molecule has 0 aliphatic heterocycles. The molecule has 0 saturated heterocycles. The number of anilines is 4. The molecule has 0 fully saturated rings. The van der Waals surface area contributed by atoms with Gasteiger partial charge in [0, 0.05) is 158 Å². The smallest absolute Gasteiger partial charge is 0.300 e. The number of aromatic amines is 1. The van der Waals surface area contributed by atoms with Gasteiger partial charge in [-0.25, -0.2) is 17.6 Å². The molecule has 1 aliphatic rings. The fourth-order valence-electron chi connectivity index (χ4n) is 16.3. The van der Waals surface area contributed by atoms with Crippen LogP contribution in [-0.4, -0.2) is 53.1 Å². The van der Waals surface area contributed by atoms with E-state index in [0.29, 0.717) is 12.0 Å². The fourth-order valence-corrected chi connectivity index (χ4v) is 17.1. The molecule has 0 radical (unpaired) electrons. The molecule has 7 N–H and O–H groups in total. The van der Waals surface area contributed by atoms with E-state index in [-0.39, 0.29) is 74.7 Å². The number of benzene rings is 16. The summed E-state index contributed by atoms with van der Waals surface area (Å²) in [5.74, 6) is 1.58. The standard InChI is InChI=1S/C48H37FN2.C21H15BrFN.C20H13BrFN.C14H10BrFO.C6H8N2.3C2H4O2.CH4.ClH.Pd/c1-48(2)43-15-9-7-13-40(43)41-30-29-39(31-44(41)48)51(37-25-19-33(20-26-37)32-11-5-4-6-12-32)38-27-21-34(22-28-38)46-42-14-8-10-16-45(42)50(3)47(46)35-17-23-36(49)24-18-35;1-24-19-5-3-2-4-18(19)20(14-6-10-16(22)11-7-14)21(24)15-8-12-17(23)13-9-15;21-15-9-5-13(6-10-15)19-17-3-1-2-4-18(17)23-20(19)14-7-11-16(22)12-8-14;15-12-5-1-10(2-6-12)9-14(17)11-3-7-13(16)8-4-11;7-8-6-4-2-1-3-5-6;3*1-2(3)4;;;/h4-31H,1-3H3;2-13H,1H3;1-12,23H;1-8H,9H2;1-5,8H,7H2;3*1H3,(H,3,4);1H4;1H;. The summed E-state index contributed by atoms with van der Waals surface area (Å²) in [6.07, 6.45) is 0.332. The van der Waals surface area contributed by atoms with Crippen molar-refractivity contribution in [3.63, 3.8) is 0 Å². The molecule has 16 aromatic carbocycles. The number of hydrogen-bond donors (Lipinski definition) is 6. The van der Waals surface area contributed by atoms with Crippen molar-refractivity contribution >= 4 is 139 Å². The minimum atomic E-state index is -0.833. The maximum Gasteiger partial charge on any atom is 0.300 e. The van der Waals surface area contributed by atoms with Crippen LogP contribution in [0.25, 0.3) is 122 Å². The van der Waals surface area contributed by atoms with Crippen molar-refractivity contribution in [2.45, 2.75) is 53.9 Å². The summed E-state index contributed by atoms with van der Waals surface area (Å²) in [5, 5.41) is 25.8. The number of carbonyl (C=O) groups excluding carboxylic acids is 1. The van der Waals surface area contributed by atoms with E-state index in [2.05, 4.69) is 300 Å². The van der Waals surface area contributed by atoms with E-state index >= 15 is 0 Å². The number of rotatable bonds is 14. The van der Waals surface area contributed by atoms with Crippen LogP contribution in [0, 0.1) is 23.3 Å². The fraction of sp³-hybridized carbons (Fsp3) is 0.0862. The molecule has 0 bridgehead atoms. The van der Waals surface area contributed by atoms with Crippen molar-refractivity contribution in [2.75, 3.05) is 10.3 Å². The normalized spacial score (nSPS) is 10.8. The van der Waals surface area contributed by atoms with Gasteiger partial charge in [0.15, 0.2) is 5.78 Å². The van der Waals surface area contributed by atoms with E-state index in [0.717, 1.165) is 146 Å². The van der Waals surface area contributed by atoms with Crippen LogP contribution < -0.4 is 16.2 Å². The number of halogens is 8. The van der Waals surface area contributed by atoms with Gasteiger partial charge in [0.1, 0.15) is 23.3 Å². The van der Waals surface area contributed by atoms with Crippen LogP contribution in [0.3, 0.4) is 0 Å². The molecule has 3 aromatic heterocycles. The molecule has 0 spiro atoms. The summed E-state index contributed by atoms with van der Waals surface area (Å²) in [6.45, 7) is 7.91. The second kappa shape index (κ2) is 49.6. The summed E-state index contributed by atoms with van der Waals surface area (Å²) in [6, 6.07) is 129. The summed E-state index contributed by atoms with van der Waals surface area (Å²) in [4.78, 5) is 44.7. The van der Waals surface area contributed by atoms with Crippen LogP contribution in [0.5, 0.6) is 0 Å². The molecule has 0 amide bonds. The number of carboxylic acids is 3. The quantitative estimate of drug-likeness (QED) is 0.0200. The largest absolute Gasteiger partial charge is 0.481 e. The van der Waals surface area contributed by atoms with Gasteiger partial charge in [-0.15, -0.1) is 12.4 Å². The van der Waals surface area contributed by atoms with Gasteiger partial charge in [0.2, 0.25) is 0 Å². The zero-order chi connectivity index (χ0) is 96.0. The summed E-state index contributed by atoms with van der Waals surface area (Å²) in [5.41, 5.74) is 32.2. The Bertz CT molecular complexity index is 7270. The molecule has 138 heavy (non-hydrogen) atoms. The first-order valence-corrected chi connectivity index (χ1v) is 45.4. The molecule has 19 aromatic rings. The van der Waals surface area contributed by atoms with Crippen molar-refractivity contribution in [1.82, 2.24) is 14.1 Å². The van der Waals surface area contributed by atoms with Gasteiger partial charge in [0.25, 0.3) is 17.9 Å². The average Bonchev–Trinajstić information content (AvgIpc) is 1.59. The van der Waals surface area contributed by atoms with E-state index in [1.807, 2.05) is 133 Å². The second-order valence-corrected chi connectivity index (χ2v) is 34.8. The Morgan fingerprint density at radius 2 is 0.710 bits per heavy atom. The number of carboxylic acid groups (broad SMARTS) is 3. The second-order valence-electron chi connectivity index (χ2n) is 32.1. The molecule has 0 unspecified atom stereocenters.